The molecule has 0 amide bonds. The molecule has 114 valence electrons. The predicted molar refractivity (Wildman–Crippen MR) is 84.8 cm³/mol. The van der Waals surface area contributed by atoms with Crippen LogP contribution < -0.4 is 0 Å². The van der Waals surface area contributed by atoms with Crippen LogP contribution in [0.5, 0.6) is 0 Å². The Morgan fingerprint density at radius 1 is 0.944 bits per heavy atom. The Kier molecular flexibility index (Phi) is 9.60. The number of quaternary nitrogens is 1. The molecule has 0 heterocycles. The van der Waals surface area contributed by atoms with Crippen LogP contribution in [-0.4, -0.2) is 43.4 Å². The number of likely N-dealkylation sites (N-methyl/N-ethyl adjacent to an activating group) is 1. The van der Waals surface area contributed by atoms with Gasteiger partial charge in [0.1, 0.15) is 12.6 Å². The minimum atomic E-state index is -0.208. The molecule has 0 aromatic heterocycles. The van der Waals surface area contributed by atoms with E-state index in [1.807, 2.05) is 0 Å². The minimum Gasteiger partial charge on any atom is -0.387 e. The Hall–Kier alpha value is -0.0800. The summed E-state index contributed by atoms with van der Waals surface area (Å²) in [5.74, 6) is 0. The second-order valence-electron chi connectivity index (χ2n) is 7.45. The number of aliphatic hydroxyl groups excluding tert-OH is 1. The Morgan fingerprint density at radius 3 is 1.61 bits per heavy atom. The lowest BCUT2D eigenvalue weighted by Gasteiger charge is -2.43. The summed E-state index contributed by atoms with van der Waals surface area (Å²) >= 11 is 0. The van der Waals surface area contributed by atoms with Crippen LogP contribution in [0.25, 0.3) is 0 Å². The van der Waals surface area contributed by atoms with E-state index < -0.39 is 0 Å². The van der Waals surface area contributed by atoms with Crippen LogP contribution in [-0.2, 0) is 0 Å². The van der Waals surface area contributed by atoms with Gasteiger partial charge in [-0.25, -0.2) is 0 Å². The fraction of sp³-hybridized carbons (Fsp3) is 1.00. The van der Waals surface area contributed by atoms with Crippen molar-refractivity contribution in [2.45, 2.75) is 68.4 Å². The normalized spacial score (nSPS) is 14.5. The van der Waals surface area contributed by atoms with Gasteiger partial charge in [0.05, 0.1) is 21.1 Å². The smallest absolute Gasteiger partial charge is 0.104 e. The lowest BCUT2D eigenvalue weighted by molar-refractivity contribution is -0.873. The zero-order valence-corrected chi connectivity index (χ0v) is 12.6. The van der Waals surface area contributed by atoms with Gasteiger partial charge >= 0.3 is 0 Å². The minimum absolute atomic E-state index is 0. The molecule has 0 rings (SSSR count). The molecule has 1 unspecified atom stereocenters. The summed E-state index contributed by atoms with van der Waals surface area (Å²) in [6, 6.07) is 0. The second-order valence-corrected chi connectivity index (χ2v) is 7.45. The third-order valence-corrected chi connectivity index (χ3v) is 4.22. The fourth-order valence-corrected chi connectivity index (χ4v) is 2.04. The SMILES string of the molecule is C.C.CCC(C)(C)C(C)(C)CC(O)C[N+](C)(C)C. The highest BCUT2D eigenvalue weighted by molar-refractivity contribution is 4.86. The largest absolute Gasteiger partial charge is 0.387 e. The molecule has 0 fully saturated rings. The molecule has 0 saturated carbocycles. The van der Waals surface area contributed by atoms with E-state index in [-0.39, 0.29) is 31.8 Å². The first-order valence-electron chi connectivity index (χ1n) is 6.40. The summed E-state index contributed by atoms with van der Waals surface area (Å²) in [6.45, 7) is 12.2. The second kappa shape index (κ2) is 7.49. The predicted octanol–water partition coefficient (Wildman–Crippen LogP) is 4.18. The quantitative estimate of drug-likeness (QED) is 0.712. The molecule has 1 N–H and O–H groups in total. The van der Waals surface area contributed by atoms with Crippen LogP contribution in [0.1, 0.15) is 62.3 Å². The van der Waals surface area contributed by atoms with E-state index in [0.29, 0.717) is 0 Å². The Morgan fingerprint density at radius 2 is 1.33 bits per heavy atom. The lowest BCUT2D eigenvalue weighted by atomic mass is 9.64. The summed E-state index contributed by atoms with van der Waals surface area (Å²) in [5, 5.41) is 10.2. The van der Waals surface area contributed by atoms with E-state index in [2.05, 4.69) is 55.8 Å². The number of nitrogens with zero attached hydrogens (tertiary/aromatic N) is 1. The van der Waals surface area contributed by atoms with Gasteiger partial charge in [0.2, 0.25) is 0 Å². The van der Waals surface area contributed by atoms with Crippen molar-refractivity contribution in [3.8, 4) is 0 Å². The van der Waals surface area contributed by atoms with Crippen LogP contribution in [0.4, 0.5) is 0 Å². The summed E-state index contributed by atoms with van der Waals surface area (Å²) in [4.78, 5) is 0. The van der Waals surface area contributed by atoms with Crippen molar-refractivity contribution in [1.82, 2.24) is 0 Å². The molecule has 0 saturated heterocycles. The molecule has 0 spiro atoms. The van der Waals surface area contributed by atoms with E-state index >= 15 is 0 Å². The Labute approximate surface area is 117 Å². The average Bonchev–Trinajstić information content (AvgIpc) is 1.98. The zero-order valence-electron chi connectivity index (χ0n) is 12.6. The highest BCUT2D eigenvalue weighted by atomic mass is 16.3. The van der Waals surface area contributed by atoms with Crippen LogP contribution in [0.3, 0.4) is 0 Å². The van der Waals surface area contributed by atoms with Gasteiger partial charge in [0.25, 0.3) is 0 Å². The van der Waals surface area contributed by atoms with Gasteiger partial charge in [-0.05, 0) is 17.3 Å². The van der Waals surface area contributed by atoms with Gasteiger partial charge in [-0.2, -0.15) is 0 Å². The van der Waals surface area contributed by atoms with E-state index in [1.165, 1.54) is 0 Å². The molecule has 0 aliphatic rings. The van der Waals surface area contributed by atoms with Crippen LogP contribution in [0, 0.1) is 10.8 Å². The third kappa shape index (κ3) is 7.38. The van der Waals surface area contributed by atoms with Gasteiger partial charge < -0.3 is 9.59 Å². The average molecular weight is 263 g/mol. The molecule has 0 aromatic carbocycles. The maximum Gasteiger partial charge on any atom is 0.104 e. The molecule has 2 heteroatoms. The lowest BCUT2D eigenvalue weighted by Crippen LogP contribution is -2.44. The topological polar surface area (TPSA) is 20.2 Å². The van der Waals surface area contributed by atoms with Gasteiger partial charge in [0.15, 0.2) is 0 Å². The monoisotopic (exact) mass is 262 g/mol. The van der Waals surface area contributed by atoms with Crippen molar-refractivity contribution < 1.29 is 9.59 Å². The van der Waals surface area contributed by atoms with Crippen LogP contribution >= 0.6 is 0 Å². The molecule has 0 aromatic rings. The first-order valence-corrected chi connectivity index (χ1v) is 6.40. The molecule has 0 aliphatic carbocycles. The van der Waals surface area contributed by atoms with Gasteiger partial charge in [-0.3, -0.25) is 0 Å². The summed E-state index contributed by atoms with van der Waals surface area (Å²) < 4.78 is 0.823. The van der Waals surface area contributed by atoms with Crippen molar-refractivity contribution in [1.29, 1.82) is 0 Å². The summed E-state index contributed by atoms with van der Waals surface area (Å²) in [6.07, 6.45) is 1.82. The fourth-order valence-electron chi connectivity index (χ4n) is 2.04. The molecule has 2 nitrogen and oxygen atoms in total. The molecule has 1 atom stereocenters. The van der Waals surface area contributed by atoms with E-state index in [0.717, 1.165) is 23.9 Å². The summed E-state index contributed by atoms with van der Waals surface area (Å²) in [7, 11) is 6.38. The van der Waals surface area contributed by atoms with E-state index in [9.17, 15) is 5.11 Å². The van der Waals surface area contributed by atoms with Crippen LogP contribution in [0.2, 0.25) is 0 Å². The maximum atomic E-state index is 10.2. The van der Waals surface area contributed by atoms with E-state index in [4.69, 9.17) is 0 Å². The molecule has 0 radical (unpaired) electrons. The molecular weight excluding hydrogens is 222 g/mol. The third-order valence-electron chi connectivity index (χ3n) is 4.22. The van der Waals surface area contributed by atoms with Crippen molar-refractivity contribution in [2.24, 2.45) is 10.8 Å². The number of rotatable bonds is 6. The highest BCUT2D eigenvalue weighted by Gasteiger charge is 2.37. The van der Waals surface area contributed by atoms with Crippen molar-refractivity contribution in [3.05, 3.63) is 0 Å². The molecular formula is C16H40NO+. The first-order chi connectivity index (χ1) is 6.91. The van der Waals surface area contributed by atoms with Gasteiger partial charge in [-0.15, -0.1) is 0 Å². The van der Waals surface area contributed by atoms with Crippen LogP contribution in [0.15, 0.2) is 0 Å². The zero-order chi connectivity index (χ0) is 13.2. The highest BCUT2D eigenvalue weighted by Crippen LogP contribution is 2.44. The maximum absolute atomic E-state index is 10.2. The van der Waals surface area contributed by atoms with Crippen molar-refractivity contribution >= 4 is 0 Å². The van der Waals surface area contributed by atoms with Crippen molar-refractivity contribution in [2.75, 3.05) is 27.7 Å². The first kappa shape index (κ1) is 23.0. The number of hydrogen-bond acceptors (Lipinski definition) is 1. The van der Waals surface area contributed by atoms with E-state index in [1.54, 1.807) is 0 Å². The Bertz CT molecular complexity index is 214. The summed E-state index contributed by atoms with van der Waals surface area (Å²) in [5.41, 5.74) is 0.454. The molecule has 0 bridgehead atoms. The van der Waals surface area contributed by atoms with Gasteiger partial charge in [-0.1, -0.05) is 55.9 Å². The van der Waals surface area contributed by atoms with Crippen molar-refractivity contribution in [3.63, 3.8) is 0 Å². The number of hydrogen-bond donors (Lipinski definition) is 1. The molecule has 18 heavy (non-hydrogen) atoms. The number of aliphatic hydroxyl groups is 1. The molecule has 0 aliphatic heterocycles. The standard InChI is InChI=1S/C14H32NO.2CH4/c1-9-13(2,3)14(4,5)10-12(16)11-15(6,7)8;;/h12,16H,9-11H2,1-8H3;2*1H4/q+1;;. The van der Waals surface area contributed by atoms with Gasteiger partial charge in [0, 0.05) is 0 Å². The Balaban J connectivity index is -0.00000112.